The zero-order valence-electron chi connectivity index (χ0n) is 12.7. The van der Waals surface area contributed by atoms with Crippen molar-refractivity contribution in [2.45, 2.75) is 84.3 Å². The first-order valence-corrected chi connectivity index (χ1v) is 7.21. The summed E-state index contributed by atoms with van der Waals surface area (Å²) < 4.78 is 0. The minimum Gasteiger partial charge on any atom is -0.378 e. The van der Waals surface area contributed by atoms with Crippen LogP contribution in [0.5, 0.6) is 0 Å². The van der Waals surface area contributed by atoms with Crippen molar-refractivity contribution in [1.82, 2.24) is 0 Å². The van der Waals surface area contributed by atoms with E-state index in [4.69, 9.17) is 0 Å². The normalized spacial score (nSPS) is 19.3. The van der Waals surface area contributed by atoms with Gasteiger partial charge < -0.3 is 10.2 Å². The zero-order valence-corrected chi connectivity index (χ0v) is 12.7. The van der Waals surface area contributed by atoms with Crippen LogP contribution in [0.1, 0.15) is 73.1 Å². The first kappa shape index (κ1) is 17.5. The Bertz CT molecular complexity index is 281. The molecule has 0 heterocycles. The van der Waals surface area contributed by atoms with Gasteiger partial charge in [-0.15, -0.1) is 0 Å². The Morgan fingerprint density at radius 2 is 1.50 bits per heavy atom. The quantitative estimate of drug-likeness (QED) is 0.683. The van der Waals surface area contributed by atoms with E-state index in [1.165, 1.54) is 0 Å². The molecule has 2 N–H and O–H groups in total. The molecule has 3 atom stereocenters. The van der Waals surface area contributed by atoms with Gasteiger partial charge in [0, 0.05) is 0 Å². The molecule has 0 bridgehead atoms. The number of unbranched alkanes of at least 4 members (excludes halogenated alkanes) is 1. The Kier molecular flexibility index (Phi) is 7.59. The minimum atomic E-state index is -0.986. The van der Waals surface area contributed by atoms with E-state index < -0.39 is 11.2 Å². The van der Waals surface area contributed by atoms with Crippen LogP contribution in [0, 0.1) is 17.8 Å². The summed E-state index contributed by atoms with van der Waals surface area (Å²) in [6.45, 7) is 9.88. The van der Waals surface area contributed by atoms with E-state index in [1.54, 1.807) is 13.8 Å². The van der Waals surface area contributed by atoms with Crippen molar-refractivity contribution >= 4 is 0 Å². The maximum Gasteiger partial charge on any atom is 0.122 e. The number of hydrogen-bond donors (Lipinski definition) is 2. The number of hydrogen-bond acceptors (Lipinski definition) is 2. The molecule has 18 heavy (non-hydrogen) atoms. The van der Waals surface area contributed by atoms with E-state index in [0.717, 1.165) is 25.7 Å². The maximum atomic E-state index is 10.2. The summed E-state index contributed by atoms with van der Waals surface area (Å²) in [6.07, 6.45) is 5.42. The van der Waals surface area contributed by atoms with Crippen LogP contribution in [-0.2, 0) is 0 Å². The molecule has 0 aliphatic carbocycles. The fraction of sp³-hybridized carbons (Fsp3) is 0.875. The smallest absolute Gasteiger partial charge is 0.122 e. The molecular weight excluding hydrogens is 224 g/mol. The largest absolute Gasteiger partial charge is 0.378 e. The first-order chi connectivity index (χ1) is 8.22. The lowest BCUT2D eigenvalue weighted by Crippen LogP contribution is -2.26. The topological polar surface area (TPSA) is 40.5 Å². The molecule has 0 aliphatic heterocycles. The summed E-state index contributed by atoms with van der Waals surface area (Å²) in [5.41, 5.74) is -1.96. The van der Waals surface area contributed by atoms with Crippen molar-refractivity contribution in [3.8, 4) is 11.8 Å². The lowest BCUT2D eigenvalue weighted by atomic mass is 9.92. The minimum absolute atomic E-state index is 0.610. The predicted molar refractivity (Wildman–Crippen MR) is 77.2 cm³/mol. The van der Waals surface area contributed by atoms with E-state index in [9.17, 15) is 10.2 Å². The molecule has 0 saturated carbocycles. The lowest BCUT2D eigenvalue weighted by Gasteiger charge is -2.21. The number of aliphatic hydroxyl groups is 2. The molecule has 0 aliphatic rings. The zero-order chi connectivity index (χ0) is 14.2. The molecule has 0 saturated heterocycles. The molecule has 0 amide bonds. The molecule has 106 valence electrons. The third-order valence-electron chi connectivity index (χ3n) is 3.44. The van der Waals surface area contributed by atoms with Crippen LogP contribution in [0.4, 0.5) is 0 Å². The summed E-state index contributed by atoms with van der Waals surface area (Å²) in [7, 11) is 0. The monoisotopic (exact) mass is 254 g/mol. The molecule has 0 aromatic rings. The van der Waals surface area contributed by atoms with E-state index in [-0.39, 0.29) is 0 Å². The molecule has 0 spiro atoms. The molecule has 0 rings (SSSR count). The van der Waals surface area contributed by atoms with Crippen molar-refractivity contribution in [3.63, 3.8) is 0 Å². The van der Waals surface area contributed by atoms with Crippen molar-refractivity contribution in [2.24, 2.45) is 5.92 Å². The summed E-state index contributed by atoms with van der Waals surface area (Å²) in [5, 5.41) is 20.2. The van der Waals surface area contributed by atoms with Crippen LogP contribution in [0.2, 0.25) is 0 Å². The Labute approximate surface area is 113 Å². The third-order valence-corrected chi connectivity index (χ3v) is 3.44. The second-order valence-electron chi connectivity index (χ2n) is 5.95. The maximum absolute atomic E-state index is 10.2. The molecular formula is C16H30O2. The highest BCUT2D eigenvalue weighted by molar-refractivity contribution is 5.19. The third kappa shape index (κ3) is 8.55. The van der Waals surface area contributed by atoms with Gasteiger partial charge in [0.15, 0.2) is 0 Å². The fourth-order valence-corrected chi connectivity index (χ4v) is 1.65. The molecule has 0 aromatic carbocycles. The molecule has 2 nitrogen and oxygen atoms in total. The SMILES string of the molecule is CCCCC(C)(O)C#CC(C)(O)CCC(C)CC. The number of rotatable bonds is 7. The van der Waals surface area contributed by atoms with Crippen LogP contribution in [0.15, 0.2) is 0 Å². The van der Waals surface area contributed by atoms with E-state index >= 15 is 0 Å². The van der Waals surface area contributed by atoms with Gasteiger partial charge in [0.2, 0.25) is 0 Å². The summed E-state index contributed by atoms with van der Waals surface area (Å²) in [4.78, 5) is 0. The van der Waals surface area contributed by atoms with Crippen molar-refractivity contribution < 1.29 is 10.2 Å². The molecule has 0 radical (unpaired) electrons. The van der Waals surface area contributed by atoms with Gasteiger partial charge in [-0.3, -0.25) is 0 Å². The van der Waals surface area contributed by atoms with Gasteiger partial charge in [0.05, 0.1) is 0 Å². The van der Waals surface area contributed by atoms with Gasteiger partial charge in [0.25, 0.3) is 0 Å². The average Bonchev–Trinajstić information content (AvgIpc) is 2.31. The van der Waals surface area contributed by atoms with E-state index in [1.807, 2.05) is 0 Å². The fourth-order valence-electron chi connectivity index (χ4n) is 1.65. The van der Waals surface area contributed by atoms with Gasteiger partial charge in [0.1, 0.15) is 11.2 Å². The second-order valence-corrected chi connectivity index (χ2v) is 5.95. The predicted octanol–water partition coefficient (Wildman–Crippen LogP) is 3.51. The van der Waals surface area contributed by atoms with Crippen LogP contribution in [0.25, 0.3) is 0 Å². The average molecular weight is 254 g/mol. The molecule has 2 heteroatoms. The van der Waals surface area contributed by atoms with Gasteiger partial charge in [-0.2, -0.15) is 0 Å². The van der Waals surface area contributed by atoms with Gasteiger partial charge in [-0.05, 0) is 45.4 Å². The van der Waals surface area contributed by atoms with E-state index in [2.05, 4.69) is 32.6 Å². The molecule has 3 unspecified atom stereocenters. The van der Waals surface area contributed by atoms with Crippen molar-refractivity contribution in [2.75, 3.05) is 0 Å². The van der Waals surface area contributed by atoms with Gasteiger partial charge in [-0.1, -0.05) is 45.5 Å². The standard InChI is InChI=1S/C16H30O2/c1-6-8-10-15(4,17)12-13-16(5,18)11-9-14(3)7-2/h14,17-18H,6-11H2,1-5H3. The van der Waals surface area contributed by atoms with Crippen LogP contribution < -0.4 is 0 Å². The molecule has 0 fully saturated rings. The highest BCUT2D eigenvalue weighted by Crippen LogP contribution is 2.19. The first-order valence-electron chi connectivity index (χ1n) is 7.21. The Morgan fingerprint density at radius 3 is 1.94 bits per heavy atom. The summed E-state index contributed by atoms with van der Waals surface area (Å²) in [5.74, 6) is 6.28. The van der Waals surface area contributed by atoms with Crippen LogP contribution in [0.3, 0.4) is 0 Å². The second kappa shape index (κ2) is 7.81. The lowest BCUT2D eigenvalue weighted by molar-refractivity contribution is 0.0947. The Morgan fingerprint density at radius 1 is 1.00 bits per heavy atom. The van der Waals surface area contributed by atoms with Crippen molar-refractivity contribution in [3.05, 3.63) is 0 Å². The van der Waals surface area contributed by atoms with Crippen molar-refractivity contribution in [1.29, 1.82) is 0 Å². The highest BCUT2D eigenvalue weighted by atomic mass is 16.3. The van der Waals surface area contributed by atoms with Gasteiger partial charge >= 0.3 is 0 Å². The summed E-state index contributed by atoms with van der Waals surface area (Å²) >= 11 is 0. The summed E-state index contributed by atoms with van der Waals surface area (Å²) in [6, 6.07) is 0. The van der Waals surface area contributed by atoms with Crippen LogP contribution in [-0.4, -0.2) is 21.4 Å². The van der Waals surface area contributed by atoms with Gasteiger partial charge in [-0.25, -0.2) is 0 Å². The Balaban J connectivity index is 4.37. The highest BCUT2D eigenvalue weighted by Gasteiger charge is 2.21. The van der Waals surface area contributed by atoms with E-state index in [0.29, 0.717) is 18.8 Å². The Hall–Kier alpha value is -0.520. The van der Waals surface area contributed by atoms with Crippen LogP contribution >= 0.6 is 0 Å². The molecule has 0 aromatic heterocycles.